The number of nitrogens with two attached hydrogens (primary N) is 1. The molecule has 0 saturated carbocycles. The summed E-state index contributed by atoms with van der Waals surface area (Å²) < 4.78 is 5.34. The van der Waals surface area contributed by atoms with E-state index in [1.165, 1.54) is 51.8 Å². The minimum absolute atomic E-state index is 0.402. The molecule has 0 saturated heterocycles. The normalized spacial score (nSPS) is 15.0. The number of rotatable bonds is 27. The quantitative estimate of drug-likeness (QED) is 0.0566. The Morgan fingerprint density at radius 1 is 0.409 bits per heavy atom. The van der Waals surface area contributed by atoms with E-state index in [1.807, 2.05) is 74.5 Å². The van der Waals surface area contributed by atoms with Gasteiger partial charge in [0.05, 0.1) is 43.1 Å². The lowest BCUT2D eigenvalue weighted by atomic mass is 9.83. The summed E-state index contributed by atoms with van der Waals surface area (Å²) in [6, 6.07) is 7.68. The number of benzene rings is 2. The summed E-state index contributed by atoms with van der Waals surface area (Å²) in [7, 11) is 5.96. The molecule has 93 heavy (non-hydrogen) atoms. The summed E-state index contributed by atoms with van der Waals surface area (Å²) >= 11 is 0. The van der Waals surface area contributed by atoms with Crippen LogP contribution in [0.15, 0.2) is 60.7 Å². The summed E-state index contributed by atoms with van der Waals surface area (Å²) in [5, 5.41) is 23.4. The van der Waals surface area contributed by atoms with E-state index in [2.05, 4.69) is 47.9 Å². The maximum Gasteiger partial charge on any atom is 0.408 e. The van der Waals surface area contributed by atoms with E-state index >= 15 is 0 Å². The van der Waals surface area contributed by atoms with Crippen molar-refractivity contribution >= 4 is 76.7 Å². The number of hydrogen-bond acceptors (Lipinski definition) is 15. The van der Waals surface area contributed by atoms with Gasteiger partial charge in [0.1, 0.15) is 35.8 Å². The molecule has 0 aliphatic rings. The minimum Gasteiger partial charge on any atom is -0.444 e. The fraction of sp³-hybridized carbons (Fsp3) is 0.627. The topological polar surface area (TPSA) is 372 Å². The lowest BCUT2D eigenvalue weighted by Gasteiger charge is -2.36. The Morgan fingerprint density at radius 3 is 0.989 bits per heavy atom. The zero-order chi connectivity index (χ0) is 72.1. The molecule has 10 atom stereocenters. The molecular formula is C67H108N12O14. The van der Waals surface area contributed by atoms with E-state index in [0.717, 1.165) is 11.1 Å². The van der Waals surface area contributed by atoms with Crippen molar-refractivity contribution in [3.05, 3.63) is 71.8 Å². The maximum atomic E-state index is 13.8. The van der Waals surface area contributed by atoms with Crippen molar-refractivity contribution in [2.24, 2.45) is 27.4 Å². The molecule has 0 heterocycles. The Labute approximate surface area is 550 Å². The van der Waals surface area contributed by atoms with Gasteiger partial charge in [-0.05, 0) is 80.2 Å². The highest BCUT2D eigenvalue weighted by Crippen LogP contribution is 2.26. The highest BCUT2D eigenvalue weighted by molar-refractivity contribution is 6.39. The first-order chi connectivity index (χ1) is 42.5. The van der Waals surface area contributed by atoms with Crippen LogP contribution >= 0.6 is 0 Å². The van der Waals surface area contributed by atoms with Crippen LogP contribution in [0.5, 0.6) is 0 Å². The van der Waals surface area contributed by atoms with Gasteiger partial charge in [0.25, 0.3) is 11.8 Å². The van der Waals surface area contributed by atoms with Crippen LogP contribution in [0.2, 0.25) is 0 Å². The Balaban J connectivity index is 0.000000941. The van der Waals surface area contributed by atoms with Crippen molar-refractivity contribution in [3.63, 3.8) is 0 Å². The number of hydrogen-bond donors (Lipinski definition) is 10. The maximum absolute atomic E-state index is 13.8. The van der Waals surface area contributed by atoms with Crippen LogP contribution in [0.4, 0.5) is 4.79 Å². The van der Waals surface area contributed by atoms with E-state index in [-0.39, 0.29) is 0 Å². The van der Waals surface area contributed by atoms with Gasteiger partial charge < -0.3 is 68.1 Å². The number of alkyl carbamates (subject to hydrolysis) is 1. The molecule has 2 unspecified atom stereocenters. The van der Waals surface area contributed by atoms with E-state index in [0.29, 0.717) is 12.8 Å². The molecule has 11 amide bonds. The Morgan fingerprint density at radius 2 is 0.710 bits per heavy atom. The number of nitrogens with one attached hydrogen (secondary N) is 9. The first-order valence-corrected chi connectivity index (χ1v) is 31.3. The minimum atomic E-state index is -1.47. The van der Waals surface area contributed by atoms with Gasteiger partial charge >= 0.3 is 6.09 Å². The lowest BCUT2D eigenvalue weighted by Crippen LogP contribution is -2.63. The summed E-state index contributed by atoms with van der Waals surface area (Å²) in [5.74, 6) is -8.96. The molecule has 2 aromatic carbocycles. The molecule has 0 aliphatic heterocycles. The van der Waals surface area contributed by atoms with Gasteiger partial charge in [-0.1, -0.05) is 158 Å². The molecule has 2 aromatic rings. The second-order valence-electron chi connectivity index (χ2n) is 28.9. The van der Waals surface area contributed by atoms with E-state index in [4.69, 9.17) is 10.5 Å². The highest BCUT2D eigenvalue weighted by atomic mass is 16.6. The Hall–Kier alpha value is -8.29. The number of ether oxygens (including phenoxy) is 1. The predicted molar refractivity (Wildman–Crippen MR) is 354 cm³/mol. The lowest BCUT2D eigenvalue weighted by molar-refractivity contribution is -0.141. The zero-order valence-corrected chi connectivity index (χ0v) is 59.1. The first-order valence-electron chi connectivity index (χ1n) is 31.3. The molecule has 0 aliphatic carbocycles. The van der Waals surface area contributed by atoms with Crippen molar-refractivity contribution in [1.82, 2.24) is 57.7 Å². The van der Waals surface area contributed by atoms with Crippen LogP contribution in [-0.2, 0) is 62.3 Å². The van der Waals surface area contributed by atoms with Gasteiger partial charge in [0, 0.05) is 28.2 Å². The third kappa shape index (κ3) is 28.2. The van der Waals surface area contributed by atoms with Crippen LogP contribution in [0.1, 0.15) is 180 Å². The second-order valence-corrected chi connectivity index (χ2v) is 28.9. The molecular weight excluding hydrogens is 1200 g/mol. The molecule has 11 N–H and O–H groups in total. The van der Waals surface area contributed by atoms with Crippen molar-refractivity contribution in [1.29, 1.82) is 0 Å². The summed E-state index contributed by atoms with van der Waals surface area (Å²) in [5.41, 5.74) is 3.85. The number of carbonyl (C=O) groups excluding carboxylic acids is 13. The van der Waals surface area contributed by atoms with Crippen molar-refractivity contribution < 1.29 is 67.1 Å². The van der Waals surface area contributed by atoms with Gasteiger partial charge in [-0.2, -0.15) is 0 Å². The number of carbonyl (C=O) groups is 13. The molecule has 0 fully saturated rings. The van der Waals surface area contributed by atoms with E-state index in [9.17, 15) is 62.3 Å². The molecule has 26 heteroatoms. The van der Waals surface area contributed by atoms with Crippen molar-refractivity contribution in [2.45, 2.75) is 223 Å². The molecule has 0 bridgehead atoms. The number of nitrogens with zero attached hydrogens (tertiary/aromatic N) is 2. The monoisotopic (exact) mass is 1300 g/mol. The third-order valence-corrected chi connectivity index (χ3v) is 14.6. The predicted octanol–water partition coefficient (Wildman–Crippen LogP) is 3.96. The fourth-order valence-corrected chi connectivity index (χ4v) is 8.77. The third-order valence-electron chi connectivity index (χ3n) is 14.6. The van der Waals surface area contributed by atoms with Crippen LogP contribution in [-0.4, -0.2) is 169 Å². The van der Waals surface area contributed by atoms with Crippen LogP contribution in [0.3, 0.4) is 0 Å². The summed E-state index contributed by atoms with van der Waals surface area (Å²) in [6.45, 7) is 32.4. The smallest absolute Gasteiger partial charge is 0.408 e. The molecule has 520 valence electrons. The summed E-state index contributed by atoms with van der Waals surface area (Å²) in [4.78, 5) is 173. The van der Waals surface area contributed by atoms with Crippen molar-refractivity contribution in [2.75, 3.05) is 28.2 Å². The zero-order valence-electron chi connectivity index (χ0n) is 59.1. The fourth-order valence-electron chi connectivity index (χ4n) is 8.77. The SMILES string of the molecule is CC[C@@H](NC(=O)C(=O)C(C)NC(=O)[C@H](CC(=O)N(C)C)NC(=O)[C@@H](NC(=O)[C@@H](N)C(C)(C)C)C(C)(C)C)c1ccccc1.CC[C@@H](NC(=O)C(=O)C(C)NC(=O)[C@H](CC(=O)N(C)C)NC(=O)[C@@H](NC(=O)[C@@H](NC(=O)OC(C)(C)C)C(C)(C)C)C(C)(C)C)c1ccccc1. The first kappa shape index (κ1) is 82.7. The van der Waals surface area contributed by atoms with Gasteiger partial charge in [-0.3, -0.25) is 57.5 Å². The molecule has 0 radical (unpaired) electrons. The summed E-state index contributed by atoms with van der Waals surface area (Å²) in [6.07, 6.45) is -0.652. The van der Waals surface area contributed by atoms with Crippen LogP contribution in [0.25, 0.3) is 0 Å². The Bertz CT molecular complexity index is 2920. The number of ketones is 2. The standard InChI is InChI=1S/C36H58N6O8.C31H50N6O6/c1-14-23(22-18-16-15-17-19-22)38-30(46)26(44)21(2)37-29(45)24(20-25(43)42(12)13)39-31(47)27(34(3,4)5)40-32(48)28(35(6,7)8)41-33(49)50-36(9,10)11;1-11-20(19-15-13-12-14-16-19)34-27(41)23(39)18(2)33-26(40)21(17-22(38)37(9)10)35-29(43)25(31(6,7)8)36-28(42)24(32)30(3,4)5/h15-19,21,23-24,27-28H,14,20H2,1-13H3,(H,37,45)(H,38,46)(H,39,47)(H,40,48)(H,41,49);12-16,18,20-21,24-25H,11,17,32H2,1-10H3,(H,33,40)(H,34,41)(H,35,43)(H,36,42)/t21?,23-,24+,27-,28-;18?,20-,21+,24-,25-/m11/s1. The number of amides is 11. The molecule has 2 rings (SSSR count). The van der Waals surface area contributed by atoms with E-state index in [1.54, 1.807) is 104 Å². The van der Waals surface area contributed by atoms with E-state index < -0.39 is 177 Å². The van der Waals surface area contributed by atoms with Crippen LogP contribution in [0, 0.1) is 21.7 Å². The molecule has 0 spiro atoms. The molecule has 26 nitrogen and oxygen atoms in total. The van der Waals surface area contributed by atoms with Gasteiger partial charge in [0.2, 0.25) is 58.8 Å². The average molecular weight is 1310 g/mol. The largest absolute Gasteiger partial charge is 0.444 e. The van der Waals surface area contributed by atoms with Gasteiger partial charge in [-0.25, -0.2) is 4.79 Å². The average Bonchev–Trinajstić information content (AvgIpc) is 0.854. The number of Topliss-reactive ketones (excluding diaryl/α,β-unsaturated/α-hetero) is 2. The second kappa shape index (κ2) is 35.7. The Kier molecular flexibility index (Phi) is 31.7. The van der Waals surface area contributed by atoms with Gasteiger partial charge in [-0.15, -0.1) is 0 Å². The van der Waals surface area contributed by atoms with Gasteiger partial charge in [0.15, 0.2) is 0 Å². The molecule has 0 aromatic heterocycles. The van der Waals surface area contributed by atoms with Crippen LogP contribution < -0.4 is 53.6 Å². The van der Waals surface area contributed by atoms with Crippen molar-refractivity contribution in [3.8, 4) is 0 Å². The highest BCUT2D eigenvalue weighted by Gasteiger charge is 2.43.